The molecule has 26 heavy (non-hydrogen) atoms. The van der Waals surface area contributed by atoms with Gasteiger partial charge in [0.05, 0.1) is 17.7 Å². The van der Waals surface area contributed by atoms with Crippen molar-refractivity contribution in [1.82, 2.24) is 20.2 Å². The molecule has 1 amide bonds. The van der Waals surface area contributed by atoms with E-state index in [2.05, 4.69) is 20.8 Å². The normalized spacial score (nSPS) is 10.4. The summed E-state index contributed by atoms with van der Waals surface area (Å²) in [5.41, 5.74) is 1.03. The molecular formula is C16H14N6O4. The van der Waals surface area contributed by atoms with Crippen LogP contribution in [0.3, 0.4) is 0 Å². The lowest BCUT2D eigenvalue weighted by atomic mass is 10.1. The van der Waals surface area contributed by atoms with Gasteiger partial charge in [-0.15, -0.1) is 5.10 Å². The van der Waals surface area contributed by atoms with E-state index in [0.717, 1.165) is 0 Å². The standard InChI is InChI=1S/C16H14N6O4/c1-10-18-19-20-21(10)13-5-3-4-12(9-13)17-16(23)11-6-7-15(26-2)14(8-11)22(24)25/h3-9H,1-2H3,(H,17,23). The molecule has 0 aliphatic rings. The monoisotopic (exact) mass is 354 g/mol. The van der Waals surface area contributed by atoms with E-state index in [9.17, 15) is 14.9 Å². The number of tetrazole rings is 1. The van der Waals surface area contributed by atoms with Crippen LogP contribution in [0.4, 0.5) is 11.4 Å². The first-order valence-electron chi connectivity index (χ1n) is 7.49. The van der Waals surface area contributed by atoms with Gasteiger partial charge in [-0.2, -0.15) is 4.68 Å². The number of ether oxygens (including phenoxy) is 1. The summed E-state index contributed by atoms with van der Waals surface area (Å²) in [7, 11) is 1.33. The molecule has 0 fully saturated rings. The fourth-order valence-corrected chi connectivity index (χ4v) is 2.36. The minimum atomic E-state index is -0.600. The average molecular weight is 354 g/mol. The number of amides is 1. The van der Waals surface area contributed by atoms with E-state index in [1.807, 2.05) is 0 Å². The van der Waals surface area contributed by atoms with E-state index in [4.69, 9.17) is 4.74 Å². The Hall–Kier alpha value is -3.82. The Labute approximate surface area is 147 Å². The fourth-order valence-electron chi connectivity index (χ4n) is 2.36. The lowest BCUT2D eigenvalue weighted by Crippen LogP contribution is -2.13. The van der Waals surface area contributed by atoms with Crippen LogP contribution >= 0.6 is 0 Å². The Bertz CT molecular complexity index is 984. The zero-order valence-electron chi connectivity index (χ0n) is 13.9. The summed E-state index contributed by atoms with van der Waals surface area (Å²) in [6.07, 6.45) is 0. The Morgan fingerprint density at radius 2 is 2.08 bits per heavy atom. The van der Waals surface area contributed by atoms with E-state index in [0.29, 0.717) is 17.2 Å². The molecule has 1 N–H and O–H groups in total. The second-order valence-electron chi connectivity index (χ2n) is 5.29. The molecule has 0 bridgehead atoms. The number of rotatable bonds is 5. The zero-order valence-corrected chi connectivity index (χ0v) is 13.9. The first-order valence-corrected chi connectivity index (χ1v) is 7.49. The number of aromatic nitrogens is 4. The number of aryl methyl sites for hydroxylation is 1. The first kappa shape index (κ1) is 17.0. The summed E-state index contributed by atoms with van der Waals surface area (Å²) >= 11 is 0. The summed E-state index contributed by atoms with van der Waals surface area (Å²) in [6.45, 7) is 1.75. The molecule has 132 valence electrons. The van der Waals surface area contributed by atoms with Gasteiger partial charge in [-0.3, -0.25) is 14.9 Å². The van der Waals surface area contributed by atoms with Crippen LogP contribution < -0.4 is 10.1 Å². The summed E-state index contributed by atoms with van der Waals surface area (Å²) in [6, 6.07) is 10.9. The minimum Gasteiger partial charge on any atom is -0.490 e. The lowest BCUT2D eigenvalue weighted by molar-refractivity contribution is -0.385. The lowest BCUT2D eigenvalue weighted by Gasteiger charge is -2.08. The highest BCUT2D eigenvalue weighted by Crippen LogP contribution is 2.28. The Morgan fingerprint density at radius 1 is 1.27 bits per heavy atom. The third kappa shape index (κ3) is 3.34. The SMILES string of the molecule is COc1ccc(C(=O)Nc2cccc(-n3nnnc3C)c2)cc1[N+](=O)[O-]. The highest BCUT2D eigenvalue weighted by molar-refractivity contribution is 6.05. The number of nitro benzene ring substituents is 1. The van der Waals surface area contributed by atoms with Crippen LogP contribution in [-0.4, -0.2) is 38.1 Å². The number of nitrogens with one attached hydrogen (secondary N) is 1. The van der Waals surface area contributed by atoms with Crippen LogP contribution in [0.15, 0.2) is 42.5 Å². The number of hydrogen-bond acceptors (Lipinski definition) is 7. The molecule has 0 unspecified atom stereocenters. The molecule has 2 aromatic carbocycles. The molecular weight excluding hydrogens is 340 g/mol. The maximum Gasteiger partial charge on any atom is 0.311 e. The number of carbonyl (C=O) groups excluding carboxylic acids is 1. The van der Waals surface area contributed by atoms with Crippen molar-refractivity contribution >= 4 is 17.3 Å². The molecule has 0 spiro atoms. The van der Waals surface area contributed by atoms with Crippen LogP contribution in [0.5, 0.6) is 5.75 Å². The van der Waals surface area contributed by atoms with Gasteiger partial charge in [0.25, 0.3) is 5.91 Å². The first-order chi connectivity index (χ1) is 12.5. The van der Waals surface area contributed by atoms with E-state index in [1.165, 1.54) is 30.0 Å². The number of nitro groups is 1. The summed E-state index contributed by atoms with van der Waals surface area (Å²) < 4.78 is 6.45. The zero-order chi connectivity index (χ0) is 18.7. The number of benzene rings is 2. The van der Waals surface area contributed by atoms with Crippen molar-refractivity contribution in [3.8, 4) is 11.4 Å². The van der Waals surface area contributed by atoms with Crippen molar-refractivity contribution in [2.45, 2.75) is 6.92 Å². The van der Waals surface area contributed by atoms with E-state index >= 15 is 0 Å². The Kier molecular flexibility index (Phi) is 4.56. The van der Waals surface area contributed by atoms with Crippen molar-refractivity contribution < 1.29 is 14.5 Å². The summed E-state index contributed by atoms with van der Waals surface area (Å²) in [4.78, 5) is 22.9. The van der Waals surface area contributed by atoms with Crippen molar-refractivity contribution in [3.63, 3.8) is 0 Å². The van der Waals surface area contributed by atoms with Crippen molar-refractivity contribution in [1.29, 1.82) is 0 Å². The van der Waals surface area contributed by atoms with Gasteiger partial charge in [-0.25, -0.2) is 0 Å². The van der Waals surface area contributed by atoms with E-state index in [1.54, 1.807) is 31.2 Å². The molecule has 3 aromatic rings. The van der Waals surface area contributed by atoms with E-state index < -0.39 is 10.8 Å². The second-order valence-corrected chi connectivity index (χ2v) is 5.29. The largest absolute Gasteiger partial charge is 0.490 e. The van der Waals surface area contributed by atoms with Gasteiger partial charge < -0.3 is 10.1 Å². The quantitative estimate of drug-likeness (QED) is 0.549. The van der Waals surface area contributed by atoms with Gasteiger partial charge in [0.15, 0.2) is 11.6 Å². The molecule has 10 nitrogen and oxygen atoms in total. The maximum absolute atomic E-state index is 12.4. The van der Waals surface area contributed by atoms with E-state index in [-0.39, 0.29) is 17.0 Å². The number of carbonyl (C=O) groups is 1. The molecule has 0 atom stereocenters. The predicted octanol–water partition coefficient (Wildman–Crippen LogP) is 2.14. The van der Waals surface area contributed by atoms with Crippen molar-refractivity contribution in [2.75, 3.05) is 12.4 Å². The highest BCUT2D eigenvalue weighted by atomic mass is 16.6. The third-order valence-corrected chi connectivity index (χ3v) is 3.61. The fraction of sp³-hybridized carbons (Fsp3) is 0.125. The molecule has 0 saturated heterocycles. The number of methoxy groups -OCH3 is 1. The van der Waals surface area contributed by atoms with Crippen LogP contribution in [0, 0.1) is 17.0 Å². The van der Waals surface area contributed by atoms with Crippen LogP contribution in [0.1, 0.15) is 16.2 Å². The molecule has 0 aliphatic heterocycles. The van der Waals surface area contributed by atoms with Gasteiger partial charge in [-0.05, 0) is 47.7 Å². The summed E-state index contributed by atoms with van der Waals surface area (Å²) in [5, 5.41) is 25.1. The van der Waals surface area contributed by atoms with Gasteiger partial charge >= 0.3 is 5.69 Å². The molecule has 1 heterocycles. The topological polar surface area (TPSA) is 125 Å². The summed E-state index contributed by atoms with van der Waals surface area (Å²) in [5.74, 6) is 0.198. The molecule has 1 aromatic heterocycles. The highest BCUT2D eigenvalue weighted by Gasteiger charge is 2.18. The van der Waals surface area contributed by atoms with Crippen LogP contribution in [0.25, 0.3) is 5.69 Å². The van der Waals surface area contributed by atoms with Crippen LogP contribution in [-0.2, 0) is 0 Å². The maximum atomic E-state index is 12.4. The number of anilines is 1. The van der Waals surface area contributed by atoms with Crippen molar-refractivity contribution in [2.24, 2.45) is 0 Å². The predicted molar refractivity (Wildman–Crippen MR) is 91.5 cm³/mol. The van der Waals surface area contributed by atoms with Gasteiger partial charge in [-0.1, -0.05) is 6.07 Å². The van der Waals surface area contributed by atoms with Gasteiger partial charge in [0, 0.05) is 17.3 Å². The molecule has 3 rings (SSSR count). The Balaban J connectivity index is 1.86. The smallest absolute Gasteiger partial charge is 0.311 e. The Morgan fingerprint density at radius 3 is 2.73 bits per heavy atom. The second kappa shape index (κ2) is 6.97. The average Bonchev–Trinajstić information content (AvgIpc) is 3.07. The molecule has 10 heteroatoms. The van der Waals surface area contributed by atoms with Gasteiger partial charge in [0.1, 0.15) is 0 Å². The van der Waals surface area contributed by atoms with Crippen LogP contribution in [0.2, 0.25) is 0 Å². The van der Waals surface area contributed by atoms with Gasteiger partial charge in [0.2, 0.25) is 0 Å². The third-order valence-electron chi connectivity index (χ3n) is 3.61. The molecule has 0 radical (unpaired) electrons. The van der Waals surface area contributed by atoms with Crippen molar-refractivity contribution in [3.05, 3.63) is 64.0 Å². The number of nitrogens with zero attached hydrogens (tertiary/aromatic N) is 5. The minimum absolute atomic E-state index is 0.0858. The molecule has 0 aliphatic carbocycles. The number of hydrogen-bond donors (Lipinski definition) is 1. The molecule has 0 saturated carbocycles.